The van der Waals surface area contributed by atoms with Crippen LogP contribution in [0.15, 0.2) is 41.5 Å². The van der Waals surface area contributed by atoms with E-state index in [9.17, 15) is 4.79 Å². The Morgan fingerprint density at radius 2 is 2.13 bits per heavy atom. The Balaban J connectivity index is 1.49. The lowest BCUT2D eigenvalue weighted by Crippen LogP contribution is -2.36. The third kappa shape index (κ3) is 3.89. The van der Waals surface area contributed by atoms with Crippen LogP contribution in [0.3, 0.4) is 0 Å². The lowest BCUT2D eigenvalue weighted by Gasteiger charge is -2.07. The molecule has 0 saturated carbocycles. The summed E-state index contributed by atoms with van der Waals surface area (Å²) < 4.78 is 4.79. The van der Waals surface area contributed by atoms with Crippen molar-refractivity contribution >= 4 is 27.6 Å². The summed E-state index contributed by atoms with van der Waals surface area (Å²) in [6.45, 7) is 0.953. The number of aromatic nitrogens is 4. The van der Waals surface area contributed by atoms with Crippen LogP contribution < -0.4 is 10.6 Å². The standard InChI is InChI=1S/C15H17BrN6O/c1-21-9-12(20-10-21)4-5-17-15(23)19-7-13-6-18-14-3-2-11(16)8-22(13)14/h2-3,6,8-10H,4-5,7H2,1H3,(H2,17,19,23). The van der Waals surface area contributed by atoms with Gasteiger partial charge in [-0.1, -0.05) is 0 Å². The molecule has 0 atom stereocenters. The number of rotatable bonds is 5. The maximum absolute atomic E-state index is 11.8. The number of fused-ring (bicyclic) bond motifs is 1. The molecular weight excluding hydrogens is 360 g/mol. The van der Waals surface area contributed by atoms with E-state index in [4.69, 9.17) is 0 Å². The first-order chi connectivity index (χ1) is 11.1. The summed E-state index contributed by atoms with van der Waals surface area (Å²) >= 11 is 3.43. The molecule has 0 unspecified atom stereocenters. The van der Waals surface area contributed by atoms with Gasteiger partial charge in [0.15, 0.2) is 0 Å². The van der Waals surface area contributed by atoms with Crippen LogP contribution in [-0.4, -0.2) is 31.5 Å². The van der Waals surface area contributed by atoms with Gasteiger partial charge in [-0.2, -0.15) is 0 Å². The van der Waals surface area contributed by atoms with Gasteiger partial charge in [-0.3, -0.25) is 0 Å². The van der Waals surface area contributed by atoms with E-state index in [1.807, 2.05) is 40.5 Å². The number of hydrogen-bond acceptors (Lipinski definition) is 3. The summed E-state index contributed by atoms with van der Waals surface area (Å²) in [5.74, 6) is 0. The number of nitrogens with one attached hydrogen (secondary N) is 2. The number of nitrogens with zero attached hydrogens (tertiary/aromatic N) is 4. The molecule has 23 heavy (non-hydrogen) atoms. The molecule has 0 aliphatic rings. The van der Waals surface area contributed by atoms with Crippen molar-refractivity contribution in [2.45, 2.75) is 13.0 Å². The predicted molar refractivity (Wildman–Crippen MR) is 90.0 cm³/mol. The summed E-state index contributed by atoms with van der Waals surface area (Å²) in [7, 11) is 1.92. The van der Waals surface area contributed by atoms with Gasteiger partial charge in [-0.25, -0.2) is 14.8 Å². The third-order valence-corrected chi connectivity index (χ3v) is 3.87. The smallest absolute Gasteiger partial charge is 0.315 e. The second kappa shape index (κ2) is 6.82. The predicted octanol–water partition coefficient (Wildman–Crippen LogP) is 1.87. The summed E-state index contributed by atoms with van der Waals surface area (Å²) in [6.07, 6.45) is 8.08. The van der Waals surface area contributed by atoms with Gasteiger partial charge < -0.3 is 19.6 Å². The Kier molecular flexibility index (Phi) is 4.61. The first-order valence-corrected chi connectivity index (χ1v) is 8.01. The minimum atomic E-state index is -0.203. The van der Waals surface area contributed by atoms with Crippen LogP contribution in [0.4, 0.5) is 4.79 Å². The van der Waals surface area contributed by atoms with Crippen molar-refractivity contribution in [2.75, 3.05) is 6.54 Å². The van der Waals surface area contributed by atoms with Crippen molar-refractivity contribution in [2.24, 2.45) is 7.05 Å². The number of amides is 2. The number of halogens is 1. The molecule has 0 aromatic carbocycles. The molecule has 3 heterocycles. The van der Waals surface area contributed by atoms with Crippen LogP contribution in [-0.2, 0) is 20.0 Å². The van der Waals surface area contributed by atoms with E-state index < -0.39 is 0 Å². The van der Waals surface area contributed by atoms with Crippen molar-refractivity contribution in [3.8, 4) is 0 Å². The molecule has 120 valence electrons. The molecule has 0 saturated heterocycles. The maximum atomic E-state index is 11.8. The van der Waals surface area contributed by atoms with E-state index in [2.05, 4.69) is 36.5 Å². The summed E-state index contributed by atoms with van der Waals surface area (Å²) in [4.78, 5) is 20.4. The number of aryl methyl sites for hydroxylation is 1. The molecule has 0 bridgehead atoms. The van der Waals surface area contributed by atoms with E-state index in [0.29, 0.717) is 19.5 Å². The van der Waals surface area contributed by atoms with Crippen molar-refractivity contribution in [3.05, 3.63) is 52.9 Å². The molecule has 0 aliphatic heterocycles. The lowest BCUT2D eigenvalue weighted by atomic mass is 10.3. The van der Waals surface area contributed by atoms with Crippen LogP contribution in [0, 0.1) is 0 Å². The van der Waals surface area contributed by atoms with Gasteiger partial charge in [0.05, 0.1) is 30.5 Å². The Labute approximate surface area is 141 Å². The van der Waals surface area contributed by atoms with E-state index in [1.165, 1.54) is 0 Å². The lowest BCUT2D eigenvalue weighted by molar-refractivity contribution is 0.240. The number of pyridine rings is 1. The first-order valence-electron chi connectivity index (χ1n) is 7.22. The fraction of sp³-hybridized carbons (Fsp3) is 0.267. The Hall–Kier alpha value is -2.35. The molecule has 3 rings (SSSR count). The normalized spacial score (nSPS) is 10.9. The molecule has 8 heteroatoms. The summed E-state index contributed by atoms with van der Waals surface area (Å²) in [5.41, 5.74) is 2.72. The molecule has 3 aromatic rings. The highest BCUT2D eigenvalue weighted by Crippen LogP contribution is 2.13. The zero-order chi connectivity index (χ0) is 16.2. The van der Waals surface area contributed by atoms with Gasteiger partial charge in [-0.05, 0) is 28.1 Å². The average molecular weight is 377 g/mol. The molecule has 0 aliphatic carbocycles. The van der Waals surface area contributed by atoms with Crippen molar-refractivity contribution in [1.82, 2.24) is 29.6 Å². The number of carbonyl (C=O) groups excluding carboxylic acids is 1. The van der Waals surface area contributed by atoms with Crippen molar-refractivity contribution < 1.29 is 4.79 Å². The molecule has 0 fully saturated rings. The fourth-order valence-electron chi connectivity index (χ4n) is 2.27. The molecule has 0 radical (unpaired) electrons. The van der Waals surface area contributed by atoms with E-state index in [-0.39, 0.29) is 6.03 Å². The Morgan fingerprint density at radius 1 is 1.26 bits per heavy atom. The Morgan fingerprint density at radius 3 is 2.91 bits per heavy atom. The van der Waals surface area contributed by atoms with Crippen LogP contribution >= 0.6 is 15.9 Å². The van der Waals surface area contributed by atoms with Gasteiger partial charge in [-0.15, -0.1) is 0 Å². The van der Waals surface area contributed by atoms with Gasteiger partial charge in [0.25, 0.3) is 0 Å². The van der Waals surface area contributed by atoms with Gasteiger partial charge in [0.2, 0.25) is 0 Å². The van der Waals surface area contributed by atoms with Gasteiger partial charge >= 0.3 is 6.03 Å². The van der Waals surface area contributed by atoms with E-state index in [1.54, 1.807) is 12.5 Å². The maximum Gasteiger partial charge on any atom is 0.315 e. The second-order valence-electron chi connectivity index (χ2n) is 5.21. The molecule has 7 nitrogen and oxygen atoms in total. The SMILES string of the molecule is Cn1cnc(CCNC(=O)NCc2cnc3ccc(Br)cn23)c1. The highest BCUT2D eigenvalue weighted by atomic mass is 79.9. The quantitative estimate of drug-likeness (QED) is 0.713. The van der Waals surface area contributed by atoms with Crippen LogP contribution in [0.5, 0.6) is 0 Å². The number of carbonyl (C=O) groups is 1. The second-order valence-corrected chi connectivity index (χ2v) is 6.13. The number of imidazole rings is 2. The third-order valence-electron chi connectivity index (χ3n) is 3.40. The Bertz CT molecular complexity index is 824. The molecule has 2 amide bonds. The van der Waals surface area contributed by atoms with E-state index >= 15 is 0 Å². The topological polar surface area (TPSA) is 76.2 Å². The first kappa shape index (κ1) is 15.5. The number of urea groups is 1. The molecular formula is C15H17BrN6O. The molecule has 3 aromatic heterocycles. The zero-order valence-electron chi connectivity index (χ0n) is 12.7. The number of hydrogen-bond donors (Lipinski definition) is 2. The fourth-order valence-corrected chi connectivity index (χ4v) is 2.61. The van der Waals surface area contributed by atoms with Crippen molar-refractivity contribution in [3.63, 3.8) is 0 Å². The highest BCUT2D eigenvalue weighted by Gasteiger charge is 2.06. The van der Waals surface area contributed by atoms with Gasteiger partial charge in [0, 0.05) is 36.9 Å². The van der Waals surface area contributed by atoms with Crippen LogP contribution in [0.2, 0.25) is 0 Å². The minimum absolute atomic E-state index is 0.203. The van der Waals surface area contributed by atoms with Crippen LogP contribution in [0.25, 0.3) is 5.65 Å². The largest absolute Gasteiger partial charge is 0.340 e. The summed E-state index contributed by atoms with van der Waals surface area (Å²) in [6, 6.07) is 3.65. The summed E-state index contributed by atoms with van der Waals surface area (Å²) in [5, 5.41) is 5.66. The highest BCUT2D eigenvalue weighted by molar-refractivity contribution is 9.10. The molecule has 2 N–H and O–H groups in total. The van der Waals surface area contributed by atoms with Crippen LogP contribution in [0.1, 0.15) is 11.4 Å². The monoisotopic (exact) mass is 376 g/mol. The molecule has 0 spiro atoms. The zero-order valence-corrected chi connectivity index (χ0v) is 14.2. The average Bonchev–Trinajstić information content (AvgIpc) is 3.11. The minimum Gasteiger partial charge on any atom is -0.340 e. The van der Waals surface area contributed by atoms with E-state index in [0.717, 1.165) is 21.5 Å². The van der Waals surface area contributed by atoms with Crippen molar-refractivity contribution in [1.29, 1.82) is 0 Å². The van der Waals surface area contributed by atoms with Gasteiger partial charge in [0.1, 0.15) is 5.65 Å².